The van der Waals surface area contributed by atoms with E-state index in [1.807, 2.05) is 30.3 Å². The molecule has 7 nitrogen and oxygen atoms in total. The second-order valence-corrected chi connectivity index (χ2v) is 7.45. The molecular formula is C22H19N3O4. The molecule has 0 unspecified atom stereocenters. The first-order chi connectivity index (χ1) is 14.0. The summed E-state index contributed by atoms with van der Waals surface area (Å²) >= 11 is 0. The number of fused-ring (bicyclic) bond motifs is 5. The van der Waals surface area contributed by atoms with Crippen LogP contribution in [0.2, 0.25) is 0 Å². The summed E-state index contributed by atoms with van der Waals surface area (Å²) in [6, 6.07) is 13.2. The maximum Gasteiger partial charge on any atom is 0.240 e. The van der Waals surface area contributed by atoms with Crippen molar-refractivity contribution in [1.29, 1.82) is 0 Å². The standard InChI is InChI=1S/C22H19N3O4/c1-29-14-8-6-13(7-9-14)25-21(27)16-17(22(25)28)19(20(23)26)24-11-10-12-4-2-3-5-15(12)18(16)24/h2-11,16-19H,1H3,(H2,23,26)/t16-,17-,18+,19+/m1/s1. The van der Waals surface area contributed by atoms with Crippen LogP contribution in [0.25, 0.3) is 6.08 Å². The Morgan fingerprint density at radius 3 is 2.38 bits per heavy atom. The zero-order valence-corrected chi connectivity index (χ0v) is 15.7. The van der Waals surface area contributed by atoms with Crippen LogP contribution >= 0.6 is 0 Å². The number of ether oxygens (including phenoxy) is 1. The third-order valence-electron chi connectivity index (χ3n) is 6.08. The van der Waals surface area contributed by atoms with Crippen LogP contribution in [-0.4, -0.2) is 35.8 Å². The van der Waals surface area contributed by atoms with E-state index in [1.165, 1.54) is 4.90 Å². The third-order valence-corrected chi connectivity index (χ3v) is 6.08. The van der Waals surface area contributed by atoms with E-state index in [0.29, 0.717) is 11.4 Å². The molecular weight excluding hydrogens is 370 g/mol. The van der Waals surface area contributed by atoms with Gasteiger partial charge in [0, 0.05) is 6.20 Å². The third kappa shape index (κ3) is 2.33. The zero-order valence-electron chi connectivity index (χ0n) is 15.7. The van der Waals surface area contributed by atoms with E-state index in [0.717, 1.165) is 11.1 Å². The lowest BCUT2D eigenvalue weighted by atomic mass is 9.84. The molecule has 3 aliphatic heterocycles. The van der Waals surface area contributed by atoms with Crippen LogP contribution < -0.4 is 15.4 Å². The molecule has 3 heterocycles. The first-order valence-corrected chi connectivity index (χ1v) is 9.38. The molecule has 2 fully saturated rings. The summed E-state index contributed by atoms with van der Waals surface area (Å²) in [5.74, 6) is -2.18. The summed E-state index contributed by atoms with van der Waals surface area (Å²) in [6.07, 6.45) is 3.66. The van der Waals surface area contributed by atoms with E-state index in [4.69, 9.17) is 10.5 Å². The molecule has 3 amide bonds. The summed E-state index contributed by atoms with van der Waals surface area (Å²) < 4.78 is 5.15. The van der Waals surface area contributed by atoms with E-state index in [-0.39, 0.29) is 5.91 Å². The topological polar surface area (TPSA) is 92.9 Å². The van der Waals surface area contributed by atoms with Gasteiger partial charge in [-0.05, 0) is 41.5 Å². The molecule has 146 valence electrons. The van der Waals surface area contributed by atoms with Gasteiger partial charge in [-0.3, -0.25) is 14.4 Å². The molecule has 2 saturated heterocycles. The Labute approximate surface area is 167 Å². The van der Waals surface area contributed by atoms with E-state index < -0.39 is 35.7 Å². The normalized spacial score (nSPS) is 26.9. The number of imide groups is 1. The number of nitrogens with zero attached hydrogens (tertiary/aromatic N) is 2. The summed E-state index contributed by atoms with van der Waals surface area (Å²) in [4.78, 5) is 42.1. The van der Waals surface area contributed by atoms with Gasteiger partial charge in [0.1, 0.15) is 11.8 Å². The fourth-order valence-corrected chi connectivity index (χ4v) is 4.87. The highest BCUT2D eigenvalue weighted by Crippen LogP contribution is 2.53. The Morgan fingerprint density at radius 2 is 1.69 bits per heavy atom. The van der Waals surface area contributed by atoms with Crippen molar-refractivity contribution in [1.82, 2.24) is 4.90 Å². The van der Waals surface area contributed by atoms with Crippen molar-refractivity contribution in [2.24, 2.45) is 17.6 Å². The number of anilines is 1. The highest BCUT2D eigenvalue weighted by atomic mass is 16.5. The lowest BCUT2D eigenvalue weighted by molar-refractivity contribution is -0.129. The number of amides is 3. The van der Waals surface area contributed by atoms with Gasteiger partial charge in [0.15, 0.2) is 0 Å². The van der Waals surface area contributed by atoms with Crippen LogP contribution in [0.5, 0.6) is 5.75 Å². The van der Waals surface area contributed by atoms with Gasteiger partial charge in [0.05, 0.1) is 30.7 Å². The average Bonchev–Trinajstić information content (AvgIpc) is 3.21. The molecule has 4 atom stereocenters. The Kier molecular flexibility index (Phi) is 3.74. The van der Waals surface area contributed by atoms with Crippen molar-refractivity contribution < 1.29 is 19.1 Å². The van der Waals surface area contributed by atoms with Gasteiger partial charge in [-0.2, -0.15) is 0 Å². The molecule has 5 rings (SSSR count). The summed E-state index contributed by atoms with van der Waals surface area (Å²) in [6.45, 7) is 0. The number of hydrogen-bond acceptors (Lipinski definition) is 5. The number of hydrogen-bond donors (Lipinski definition) is 1. The second-order valence-electron chi connectivity index (χ2n) is 7.45. The molecule has 3 aliphatic rings. The van der Waals surface area contributed by atoms with Crippen LogP contribution in [0.4, 0.5) is 5.69 Å². The van der Waals surface area contributed by atoms with Gasteiger partial charge in [-0.1, -0.05) is 24.3 Å². The van der Waals surface area contributed by atoms with Gasteiger partial charge >= 0.3 is 0 Å². The van der Waals surface area contributed by atoms with E-state index in [2.05, 4.69) is 0 Å². The van der Waals surface area contributed by atoms with Crippen LogP contribution in [0, 0.1) is 11.8 Å². The number of carbonyl (C=O) groups is 3. The Hall–Kier alpha value is -3.61. The minimum absolute atomic E-state index is 0.311. The SMILES string of the molecule is COc1ccc(N2C(=O)[C@@H]3[C@@H](C2=O)[C@@H]2c4ccccc4C=CN2[C@@H]3C(N)=O)cc1. The predicted octanol–water partition coefficient (Wildman–Crippen LogP) is 1.70. The van der Waals surface area contributed by atoms with Gasteiger partial charge in [0.25, 0.3) is 0 Å². The summed E-state index contributed by atoms with van der Waals surface area (Å²) in [5.41, 5.74) is 8.06. The molecule has 2 aromatic carbocycles. The average molecular weight is 389 g/mol. The summed E-state index contributed by atoms with van der Waals surface area (Å²) in [7, 11) is 1.55. The zero-order chi connectivity index (χ0) is 20.3. The minimum Gasteiger partial charge on any atom is -0.497 e. The number of benzene rings is 2. The van der Waals surface area contributed by atoms with Crippen LogP contribution in [0.3, 0.4) is 0 Å². The molecule has 29 heavy (non-hydrogen) atoms. The van der Waals surface area contributed by atoms with Crippen LogP contribution in [0.15, 0.2) is 54.7 Å². The van der Waals surface area contributed by atoms with Crippen LogP contribution in [0.1, 0.15) is 17.2 Å². The van der Waals surface area contributed by atoms with E-state index in [1.54, 1.807) is 42.5 Å². The number of carbonyl (C=O) groups excluding carboxylic acids is 3. The molecule has 0 bridgehead atoms. The molecule has 0 aromatic heterocycles. The van der Waals surface area contributed by atoms with Crippen molar-refractivity contribution in [3.63, 3.8) is 0 Å². The van der Waals surface area contributed by atoms with Crippen LogP contribution in [-0.2, 0) is 14.4 Å². The van der Waals surface area contributed by atoms with Crippen molar-refractivity contribution in [3.05, 3.63) is 65.9 Å². The van der Waals surface area contributed by atoms with Gasteiger partial charge in [-0.15, -0.1) is 0 Å². The fraction of sp³-hybridized carbons (Fsp3) is 0.227. The Bertz CT molecular complexity index is 1060. The second kappa shape index (κ2) is 6.20. The van der Waals surface area contributed by atoms with Crippen molar-refractivity contribution in [3.8, 4) is 5.75 Å². The number of primary amides is 1. The monoisotopic (exact) mass is 389 g/mol. The highest BCUT2D eigenvalue weighted by molar-refractivity contribution is 6.24. The molecule has 2 aromatic rings. The lowest BCUT2D eigenvalue weighted by Gasteiger charge is -2.34. The molecule has 0 saturated carbocycles. The minimum atomic E-state index is -0.866. The fourth-order valence-electron chi connectivity index (χ4n) is 4.87. The highest BCUT2D eigenvalue weighted by Gasteiger charge is 2.64. The molecule has 2 N–H and O–H groups in total. The van der Waals surface area contributed by atoms with E-state index >= 15 is 0 Å². The smallest absolute Gasteiger partial charge is 0.240 e. The van der Waals surface area contributed by atoms with E-state index in [9.17, 15) is 14.4 Å². The van der Waals surface area contributed by atoms with Gasteiger partial charge in [0.2, 0.25) is 17.7 Å². The van der Waals surface area contributed by atoms with Gasteiger partial charge < -0.3 is 15.4 Å². The first kappa shape index (κ1) is 17.5. The maximum atomic E-state index is 13.5. The van der Waals surface area contributed by atoms with Gasteiger partial charge in [-0.25, -0.2) is 4.90 Å². The number of methoxy groups -OCH3 is 1. The maximum absolute atomic E-state index is 13.5. The van der Waals surface area contributed by atoms with Crippen molar-refractivity contribution in [2.45, 2.75) is 12.1 Å². The molecule has 7 heteroatoms. The molecule has 0 aliphatic carbocycles. The number of rotatable bonds is 3. The Morgan fingerprint density at radius 1 is 1.00 bits per heavy atom. The Balaban J connectivity index is 1.62. The molecule has 0 radical (unpaired) electrons. The van der Waals surface area contributed by atoms with Crippen molar-refractivity contribution >= 4 is 29.5 Å². The predicted molar refractivity (Wildman–Crippen MR) is 106 cm³/mol. The van der Waals surface area contributed by atoms with Crippen molar-refractivity contribution in [2.75, 3.05) is 12.0 Å². The number of nitrogens with two attached hydrogens (primary N) is 1. The first-order valence-electron chi connectivity index (χ1n) is 9.38. The largest absolute Gasteiger partial charge is 0.497 e. The molecule has 0 spiro atoms. The lowest BCUT2D eigenvalue weighted by Crippen LogP contribution is -2.46. The quantitative estimate of drug-likeness (QED) is 0.807. The summed E-state index contributed by atoms with van der Waals surface area (Å²) in [5, 5.41) is 0.